The topological polar surface area (TPSA) is 32.3 Å². The van der Waals surface area contributed by atoms with Crippen molar-refractivity contribution >= 4 is 5.69 Å². The first-order valence-electron chi connectivity index (χ1n) is 5.98. The Kier molecular flexibility index (Phi) is 3.69. The number of phenols is 1. The van der Waals surface area contributed by atoms with E-state index in [4.69, 9.17) is 0 Å². The molecule has 0 fully saturated rings. The third-order valence-electron chi connectivity index (χ3n) is 2.90. The number of hydrogen-bond donors (Lipinski definition) is 2. The van der Waals surface area contributed by atoms with E-state index in [0.717, 1.165) is 11.6 Å². The molecule has 2 N–H and O–H groups in total. The van der Waals surface area contributed by atoms with Crippen LogP contribution in [0.15, 0.2) is 36.4 Å². The zero-order valence-corrected chi connectivity index (χ0v) is 10.7. The highest BCUT2D eigenvalue weighted by atomic mass is 19.1. The van der Waals surface area contributed by atoms with Gasteiger partial charge in [-0.1, -0.05) is 12.1 Å². The van der Waals surface area contributed by atoms with Gasteiger partial charge in [-0.3, -0.25) is 0 Å². The van der Waals surface area contributed by atoms with Crippen LogP contribution in [0.1, 0.15) is 24.1 Å². The van der Waals surface area contributed by atoms with Crippen LogP contribution < -0.4 is 5.32 Å². The smallest absolute Gasteiger partial charge is 0.128 e. The minimum atomic E-state index is -0.636. The lowest BCUT2D eigenvalue weighted by molar-refractivity contribution is 0.465. The Morgan fingerprint density at radius 1 is 1.05 bits per heavy atom. The highest BCUT2D eigenvalue weighted by Crippen LogP contribution is 2.28. The molecule has 0 saturated heterocycles. The molecule has 0 aliphatic carbocycles. The van der Waals surface area contributed by atoms with Crippen LogP contribution in [0.25, 0.3) is 0 Å². The number of halogens is 2. The summed E-state index contributed by atoms with van der Waals surface area (Å²) in [5.41, 5.74) is 1.96. The number of nitrogens with one attached hydrogen (secondary N) is 1. The van der Waals surface area contributed by atoms with Gasteiger partial charge in [0.1, 0.15) is 17.4 Å². The second-order valence-corrected chi connectivity index (χ2v) is 4.59. The van der Waals surface area contributed by atoms with Crippen molar-refractivity contribution in [3.8, 4) is 5.75 Å². The third-order valence-corrected chi connectivity index (χ3v) is 2.90. The summed E-state index contributed by atoms with van der Waals surface area (Å²) in [7, 11) is 0. The van der Waals surface area contributed by atoms with Gasteiger partial charge in [0.05, 0.1) is 6.04 Å². The van der Waals surface area contributed by atoms with Crippen molar-refractivity contribution in [3.05, 3.63) is 59.2 Å². The summed E-state index contributed by atoms with van der Waals surface area (Å²) in [4.78, 5) is 0. The third kappa shape index (κ3) is 3.22. The molecule has 2 rings (SSSR count). The number of hydrogen-bond acceptors (Lipinski definition) is 2. The van der Waals surface area contributed by atoms with E-state index in [9.17, 15) is 13.9 Å². The Balaban J connectivity index is 2.22. The Hall–Kier alpha value is -2.10. The molecule has 0 aromatic heterocycles. The first kappa shape index (κ1) is 13.3. The van der Waals surface area contributed by atoms with Crippen LogP contribution in [-0.2, 0) is 0 Å². The first-order chi connectivity index (χ1) is 8.95. The van der Waals surface area contributed by atoms with Crippen molar-refractivity contribution < 1.29 is 13.9 Å². The molecular weight excluding hydrogens is 248 g/mol. The Morgan fingerprint density at radius 2 is 1.68 bits per heavy atom. The molecule has 2 nitrogen and oxygen atoms in total. The monoisotopic (exact) mass is 263 g/mol. The average molecular weight is 263 g/mol. The van der Waals surface area contributed by atoms with E-state index < -0.39 is 11.6 Å². The van der Waals surface area contributed by atoms with Crippen molar-refractivity contribution in [1.29, 1.82) is 0 Å². The van der Waals surface area contributed by atoms with E-state index in [2.05, 4.69) is 5.32 Å². The minimum Gasteiger partial charge on any atom is -0.508 e. The minimum absolute atomic E-state index is 0.164. The Labute approximate surface area is 110 Å². The lowest BCUT2D eigenvalue weighted by Crippen LogP contribution is -2.07. The van der Waals surface area contributed by atoms with Gasteiger partial charge in [0.15, 0.2) is 0 Å². The summed E-state index contributed by atoms with van der Waals surface area (Å²) < 4.78 is 26.2. The van der Waals surface area contributed by atoms with Crippen LogP contribution >= 0.6 is 0 Å². The van der Waals surface area contributed by atoms with Gasteiger partial charge in [0, 0.05) is 17.3 Å². The fourth-order valence-corrected chi connectivity index (χ4v) is 1.98. The molecule has 0 spiro atoms. The first-order valence-corrected chi connectivity index (χ1v) is 5.98. The van der Waals surface area contributed by atoms with Gasteiger partial charge in [-0.2, -0.15) is 0 Å². The maximum absolute atomic E-state index is 13.1. The largest absolute Gasteiger partial charge is 0.508 e. The van der Waals surface area contributed by atoms with E-state index >= 15 is 0 Å². The van der Waals surface area contributed by atoms with Gasteiger partial charge in [0.2, 0.25) is 0 Å². The molecule has 19 heavy (non-hydrogen) atoms. The number of benzene rings is 2. The molecule has 0 aliphatic heterocycles. The highest BCUT2D eigenvalue weighted by Gasteiger charge is 2.11. The lowest BCUT2D eigenvalue weighted by atomic mass is 10.0. The summed E-state index contributed by atoms with van der Waals surface area (Å²) in [6, 6.07) is 8.30. The van der Waals surface area contributed by atoms with Crippen molar-refractivity contribution in [2.75, 3.05) is 5.32 Å². The molecule has 0 amide bonds. The molecule has 0 saturated carbocycles. The predicted molar refractivity (Wildman–Crippen MR) is 71.2 cm³/mol. The van der Waals surface area contributed by atoms with Crippen LogP contribution in [-0.4, -0.2) is 5.11 Å². The fraction of sp³-hybridized carbons (Fsp3) is 0.200. The second kappa shape index (κ2) is 5.26. The molecule has 1 atom stereocenters. The molecule has 2 aromatic carbocycles. The fourth-order valence-electron chi connectivity index (χ4n) is 1.98. The average Bonchev–Trinajstić information content (AvgIpc) is 2.26. The molecule has 1 unspecified atom stereocenters. The Bertz CT molecular complexity index is 578. The zero-order chi connectivity index (χ0) is 14.0. The number of rotatable bonds is 3. The molecule has 4 heteroatoms. The highest BCUT2D eigenvalue weighted by molar-refractivity contribution is 5.48. The summed E-state index contributed by atoms with van der Waals surface area (Å²) in [5.74, 6) is -1.11. The summed E-state index contributed by atoms with van der Waals surface area (Å²) in [6.45, 7) is 3.69. The van der Waals surface area contributed by atoms with Gasteiger partial charge in [-0.25, -0.2) is 8.78 Å². The van der Waals surface area contributed by atoms with Crippen LogP contribution in [0, 0.1) is 18.6 Å². The maximum Gasteiger partial charge on any atom is 0.128 e. The van der Waals surface area contributed by atoms with Crippen molar-refractivity contribution in [3.63, 3.8) is 0 Å². The predicted octanol–water partition coefficient (Wildman–Crippen LogP) is 4.15. The van der Waals surface area contributed by atoms with Crippen molar-refractivity contribution in [2.45, 2.75) is 19.9 Å². The van der Waals surface area contributed by atoms with Crippen molar-refractivity contribution in [1.82, 2.24) is 0 Å². The van der Waals surface area contributed by atoms with Gasteiger partial charge in [-0.15, -0.1) is 0 Å². The molecule has 2 aromatic rings. The number of aromatic hydroxyl groups is 1. The van der Waals surface area contributed by atoms with Gasteiger partial charge in [0.25, 0.3) is 0 Å². The molecule has 0 heterocycles. The zero-order valence-electron chi connectivity index (χ0n) is 10.7. The van der Waals surface area contributed by atoms with Gasteiger partial charge >= 0.3 is 0 Å². The number of aryl methyl sites for hydroxylation is 1. The van der Waals surface area contributed by atoms with E-state index in [1.165, 1.54) is 12.1 Å². The van der Waals surface area contributed by atoms with Crippen LogP contribution in [0.5, 0.6) is 5.75 Å². The van der Waals surface area contributed by atoms with E-state index in [-0.39, 0.29) is 11.8 Å². The SMILES string of the molecule is Cc1ccc(C(C)Nc2cc(F)cc(F)c2)c(O)c1. The van der Waals surface area contributed by atoms with Gasteiger partial charge < -0.3 is 10.4 Å². The summed E-state index contributed by atoms with van der Waals surface area (Å²) in [6.07, 6.45) is 0. The number of phenolic OH excluding ortho intramolecular Hbond substituents is 1. The molecule has 0 bridgehead atoms. The van der Waals surface area contributed by atoms with Crippen LogP contribution in [0.3, 0.4) is 0 Å². The quantitative estimate of drug-likeness (QED) is 0.871. The normalized spacial score (nSPS) is 12.2. The van der Waals surface area contributed by atoms with E-state index in [1.807, 2.05) is 19.9 Å². The lowest BCUT2D eigenvalue weighted by Gasteiger charge is -2.17. The standard InChI is InChI=1S/C15H15F2NO/c1-9-3-4-14(15(19)5-9)10(2)18-13-7-11(16)6-12(17)8-13/h3-8,10,18-19H,1-2H3. The van der Waals surface area contributed by atoms with Crippen LogP contribution in [0.2, 0.25) is 0 Å². The maximum atomic E-state index is 13.1. The number of anilines is 1. The van der Waals surface area contributed by atoms with E-state index in [0.29, 0.717) is 11.3 Å². The molecule has 0 radical (unpaired) electrons. The molecular formula is C15H15F2NO. The second-order valence-electron chi connectivity index (χ2n) is 4.59. The van der Waals surface area contributed by atoms with E-state index in [1.54, 1.807) is 12.1 Å². The molecule has 100 valence electrons. The van der Waals surface area contributed by atoms with Crippen LogP contribution in [0.4, 0.5) is 14.5 Å². The Morgan fingerprint density at radius 3 is 2.26 bits per heavy atom. The van der Waals surface area contributed by atoms with Crippen molar-refractivity contribution in [2.24, 2.45) is 0 Å². The molecule has 0 aliphatic rings. The van der Waals surface area contributed by atoms with Gasteiger partial charge in [-0.05, 0) is 37.6 Å². The summed E-state index contributed by atoms with van der Waals surface area (Å²) >= 11 is 0. The summed E-state index contributed by atoms with van der Waals surface area (Å²) in [5, 5.41) is 12.8.